The monoisotopic (exact) mass is 437 g/mol. The molecule has 1 atom stereocenters. The minimum Gasteiger partial charge on any atom is -0.507 e. The summed E-state index contributed by atoms with van der Waals surface area (Å²) >= 11 is 0. The summed E-state index contributed by atoms with van der Waals surface area (Å²) in [5, 5.41) is 11.2. The maximum absolute atomic E-state index is 13.1. The number of Topliss-reactive ketones (excluding diaryl/α,β-unsaturated/α-hetero) is 1. The molecule has 1 N–H and O–H groups in total. The molecular formula is C25H31N3O4. The van der Waals surface area contributed by atoms with Gasteiger partial charge in [-0.15, -0.1) is 0 Å². The average molecular weight is 438 g/mol. The van der Waals surface area contributed by atoms with Crippen LogP contribution < -0.4 is 4.74 Å². The van der Waals surface area contributed by atoms with Crippen molar-refractivity contribution >= 4 is 17.4 Å². The van der Waals surface area contributed by atoms with Gasteiger partial charge in [-0.3, -0.25) is 14.6 Å². The summed E-state index contributed by atoms with van der Waals surface area (Å²) in [5.41, 5.74) is 2.09. The molecule has 7 heteroatoms. The Hall–Kier alpha value is -3.19. The van der Waals surface area contributed by atoms with E-state index in [0.717, 1.165) is 11.1 Å². The van der Waals surface area contributed by atoms with Crippen molar-refractivity contribution in [3.8, 4) is 5.75 Å². The van der Waals surface area contributed by atoms with Gasteiger partial charge in [0.05, 0.1) is 18.2 Å². The lowest BCUT2D eigenvalue weighted by Gasteiger charge is -2.26. The van der Waals surface area contributed by atoms with Crippen LogP contribution >= 0.6 is 0 Å². The zero-order chi connectivity index (χ0) is 23.4. The predicted octanol–water partition coefficient (Wildman–Crippen LogP) is 3.41. The van der Waals surface area contributed by atoms with E-state index in [1.807, 2.05) is 32.0 Å². The summed E-state index contributed by atoms with van der Waals surface area (Å²) in [4.78, 5) is 33.5. The fourth-order valence-corrected chi connectivity index (χ4v) is 3.71. The van der Waals surface area contributed by atoms with Gasteiger partial charge in [0.1, 0.15) is 11.5 Å². The smallest absolute Gasteiger partial charge is 0.295 e. The standard InChI is InChI=1S/C25H31N3O4/c1-16(2)15-32-19-6-7-20(17(3)14-19)23(29)21-22(18-8-10-26-11-9-18)28(13-12-27(4)5)25(31)24(21)30/h6-11,14,16,22,29H,12-13,15H2,1-5H3/b23-21+/t22-/m0/s1. The third-order valence-corrected chi connectivity index (χ3v) is 5.39. The molecule has 1 aromatic carbocycles. The largest absolute Gasteiger partial charge is 0.507 e. The zero-order valence-corrected chi connectivity index (χ0v) is 19.3. The van der Waals surface area contributed by atoms with Crippen LogP contribution in [0.15, 0.2) is 48.3 Å². The number of pyridine rings is 1. The number of rotatable bonds is 8. The molecule has 1 aliphatic rings. The molecule has 0 aliphatic carbocycles. The van der Waals surface area contributed by atoms with Crippen LogP contribution in [0.1, 0.15) is 36.6 Å². The van der Waals surface area contributed by atoms with E-state index in [9.17, 15) is 14.7 Å². The van der Waals surface area contributed by atoms with E-state index in [4.69, 9.17) is 4.74 Å². The van der Waals surface area contributed by atoms with Crippen molar-refractivity contribution in [2.75, 3.05) is 33.8 Å². The Morgan fingerprint density at radius 2 is 1.88 bits per heavy atom. The minimum absolute atomic E-state index is 0.0962. The first-order valence-electron chi connectivity index (χ1n) is 10.8. The Kier molecular flexibility index (Phi) is 7.30. The van der Waals surface area contributed by atoms with Gasteiger partial charge in [-0.25, -0.2) is 0 Å². The van der Waals surface area contributed by atoms with Gasteiger partial charge < -0.3 is 19.6 Å². The van der Waals surface area contributed by atoms with Gasteiger partial charge in [0, 0.05) is 31.0 Å². The van der Waals surface area contributed by atoms with Crippen molar-refractivity contribution in [2.24, 2.45) is 5.92 Å². The number of likely N-dealkylation sites (tertiary alicyclic amines) is 1. The van der Waals surface area contributed by atoms with E-state index in [0.29, 0.717) is 36.9 Å². The Bertz CT molecular complexity index is 1020. The summed E-state index contributed by atoms with van der Waals surface area (Å²) in [7, 11) is 3.81. The number of nitrogens with zero attached hydrogens (tertiary/aromatic N) is 3. The normalized spacial score (nSPS) is 18.1. The lowest BCUT2D eigenvalue weighted by molar-refractivity contribution is -0.140. The molecule has 2 aromatic rings. The lowest BCUT2D eigenvalue weighted by atomic mass is 9.94. The maximum atomic E-state index is 13.1. The van der Waals surface area contributed by atoms with Crippen LogP contribution in [0.2, 0.25) is 0 Å². The number of aliphatic hydroxyl groups excluding tert-OH is 1. The van der Waals surface area contributed by atoms with Gasteiger partial charge in [-0.1, -0.05) is 13.8 Å². The number of carbonyl (C=O) groups excluding carboxylic acids is 2. The number of hydrogen-bond acceptors (Lipinski definition) is 6. The molecule has 0 bridgehead atoms. The van der Waals surface area contributed by atoms with E-state index in [-0.39, 0.29) is 11.3 Å². The highest BCUT2D eigenvalue weighted by molar-refractivity contribution is 6.46. The van der Waals surface area contributed by atoms with Gasteiger partial charge >= 0.3 is 0 Å². The molecule has 1 amide bonds. The molecule has 3 rings (SSSR count). The van der Waals surface area contributed by atoms with Crippen LogP contribution in [-0.4, -0.2) is 65.4 Å². The summed E-state index contributed by atoms with van der Waals surface area (Å²) < 4.78 is 5.77. The summed E-state index contributed by atoms with van der Waals surface area (Å²) in [6.45, 7) is 7.53. The fourth-order valence-electron chi connectivity index (χ4n) is 3.71. The summed E-state index contributed by atoms with van der Waals surface area (Å²) in [6, 6.07) is 8.20. The first kappa shape index (κ1) is 23.5. The Morgan fingerprint density at radius 3 is 2.47 bits per heavy atom. The molecule has 2 heterocycles. The zero-order valence-electron chi connectivity index (χ0n) is 19.3. The second-order valence-corrected chi connectivity index (χ2v) is 8.76. The van der Waals surface area contributed by atoms with Gasteiger partial charge in [0.2, 0.25) is 0 Å². The molecule has 0 saturated carbocycles. The third kappa shape index (κ3) is 4.99. The number of hydrogen-bond donors (Lipinski definition) is 1. The molecule has 1 aliphatic heterocycles. The van der Waals surface area contributed by atoms with Gasteiger partial charge in [-0.05, 0) is 68.4 Å². The number of aliphatic hydroxyl groups is 1. The highest BCUT2D eigenvalue weighted by Gasteiger charge is 2.46. The molecule has 1 aromatic heterocycles. The molecule has 1 saturated heterocycles. The van der Waals surface area contributed by atoms with Crippen molar-refractivity contribution in [3.63, 3.8) is 0 Å². The van der Waals surface area contributed by atoms with E-state index < -0.39 is 17.7 Å². The fraction of sp³-hybridized carbons (Fsp3) is 0.400. The molecule has 0 radical (unpaired) electrons. The number of aromatic nitrogens is 1. The van der Waals surface area contributed by atoms with Gasteiger partial charge in [-0.2, -0.15) is 0 Å². The molecule has 170 valence electrons. The second-order valence-electron chi connectivity index (χ2n) is 8.76. The second kappa shape index (κ2) is 9.96. The predicted molar refractivity (Wildman–Crippen MR) is 123 cm³/mol. The lowest BCUT2D eigenvalue weighted by Crippen LogP contribution is -2.35. The van der Waals surface area contributed by atoms with Crippen molar-refractivity contribution < 1.29 is 19.4 Å². The van der Waals surface area contributed by atoms with Crippen LogP contribution in [0.5, 0.6) is 5.75 Å². The van der Waals surface area contributed by atoms with Crippen LogP contribution in [0.25, 0.3) is 5.76 Å². The summed E-state index contributed by atoms with van der Waals surface area (Å²) in [5.74, 6) is -0.371. The van der Waals surface area contributed by atoms with Crippen LogP contribution in [0.4, 0.5) is 0 Å². The highest BCUT2D eigenvalue weighted by atomic mass is 16.5. The van der Waals surface area contributed by atoms with E-state index in [1.165, 1.54) is 4.90 Å². The minimum atomic E-state index is -0.678. The SMILES string of the molecule is Cc1cc(OCC(C)C)ccc1/C(O)=C1\C(=O)C(=O)N(CCN(C)C)[C@H]1c1ccncc1. The Morgan fingerprint density at radius 1 is 1.19 bits per heavy atom. The maximum Gasteiger partial charge on any atom is 0.295 e. The Balaban J connectivity index is 2.06. The number of carbonyl (C=O) groups is 2. The molecule has 32 heavy (non-hydrogen) atoms. The van der Waals surface area contributed by atoms with E-state index in [1.54, 1.807) is 36.7 Å². The third-order valence-electron chi connectivity index (χ3n) is 5.39. The average Bonchev–Trinajstić information content (AvgIpc) is 3.01. The topological polar surface area (TPSA) is 83.0 Å². The number of aryl methyl sites for hydroxylation is 1. The quantitative estimate of drug-likeness (QED) is 0.387. The van der Waals surface area contributed by atoms with Crippen LogP contribution in [0.3, 0.4) is 0 Å². The molecule has 7 nitrogen and oxygen atoms in total. The first-order chi connectivity index (χ1) is 15.2. The highest BCUT2D eigenvalue weighted by Crippen LogP contribution is 2.39. The molecule has 0 unspecified atom stereocenters. The number of ether oxygens (including phenoxy) is 1. The Labute approximate surface area is 189 Å². The van der Waals surface area contributed by atoms with Crippen LogP contribution in [-0.2, 0) is 9.59 Å². The molecular weight excluding hydrogens is 406 g/mol. The molecule has 0 spiro atoms. The van der Waals surface area contributed by atoms with Crippen molar-refractivity contribution in [1.82, 2.24) is 14.8 Å². The summed E-state index contributed by atoms with van der Waals surface area (Å²) in [6.07, 6.45) is 3.24. The number of benzene rings is 1. The number of amides is 1. The van der Waals surface area contributed by atoms with Gasteiger partial charge in [0.25, 0.3) is 11.7 Å². The number of likely N-dealkylation sites (N-methyl/N-ethyl adjacent to an activating group) is 1. The van der Waals surface area contributed by atoms with E-state index in [2.05, 4.69) is 18.8 Å². The van der Waals surface area contributed by atoms with Gasteiger partial charge in [0.15, 0.2) is 0 Å². The number of ketones is 1. The van der Waals surface area contributed by atoms with E-state index >= 15 is 0 Å². The van der Waals surface area contributed by atoms with Crippen molar-refractivity contribution in [1.29, 1.82) is 0 Å². The van der Waals surface area contributed by atoms with Crippen molar-refractivity contribution in [3.05, 3.63) is 65.0 Å². The van der Waals surface area contributed by atoms with Crippen molar-refractivity contribution in [2.45, 2.75) is 26.8 Å². The first-order valence-corrected chi connectivity index (χ1v) is 10.8. The van der Waals surface area contributed by atoms with Crippen LogP contribution in [0, 0.1) is 12.8 Å². The molecule has 1 fully saturated rings.